The van der Waals surface area contributed by atoms with Gasteiger partial charge in [-0.1, -0.05) is 6.92 Å². The minimum Gasteiger partial charge on any atom is -0.493 e. The Morgan fingerprint density at radius 3 is 2.60 bits per heavy atom. The number of rotatable bonds is 9. The van der Waals surface area contributed by atoms with E-state index in [1.807, 2.05) is 32.0 Å². The van der Waals surface area contributed by atoms with E-state index in [9.17, 15) is 9.59 Å². The van der Waals surface area contributed by atoms with Crippen LogP contribution in [0.2, 0.25) is 0 Å². The van der Waals surface area contributed by atoms with Crippen molar-refractivity contribution in [3.63, 3.8) is 0 Å². The number of nitrogens with one attached hydrogen (secondary N) is 2. The molecule has 1 fully saturated rings. The zero-order chi connectivity index (χ0) is 28.2. The van der Waals surface area contributed by atoms with Gasteiger partial charge in [-0.15, -0.1) is 0 Å². The summed E-state index contributed by atoms with van der Waals surface area (Å²) in [5.41, 5.74) is 3.94. The van der Waals surface area contributed by atoms with E-state index in [0.717, 1.165) is 31.6 Å². The van der Waals surface area contributed by atoms with Crippen LogP contribution in [0.25, 0.3) is 22.4 Å². The largest absolute Gasteiger partial charge is 0.493 e. The van der Waals surface area contributed by atoms with Crippen molar-refractivity contribution >= 4 is 22.9 Å². The Labute approximate surface area is 230 Å². The molecule has 1 saturated heterocycles. The summed E-state index contributed by atoms with van der Waals surface area (Å²) in [6.45, 7) is 6.39. The van der Waals surface area contributed by atoms with Crippen molar-refractivity contribution in [2.24, 2.45) is 13.0 Å². The van der Waals surface area contributed by atoms with E-state index in [1.165, 1.54) is 12.4 Å². The van der Waals surface area contributed by atoms with Crippen LogP contribution in [-0.4, -0.2) is 67.1 Å². The summed E-state index contributed by atoms with van der Waals surface area (Å²) >= 11 is 0. The maximum Gasteiger partial charge on any atom is 0.277 e. The average Bonchev–Trinajstić information content (AvgIpc) is 3.32. The topological polar surface area (TPSA) is 160 Å². The first-order chi connectivity index (χ1) is 19.4. The second-order valence-corrected chi connectivity index (χ2v) is 9.58. The molecular weight excluding hydrogens is 516 g/mol. The van der Waals surface area contributed by atoms with Crippen LogP contribution in [0.4, 0.5) is 5.95 Å². The predicted octanol–water partition coefficient (Wildman–Crippen LogP) is 2.49. The summed E-state index contributed by atoms with van der Waals surface area (Å²) in [5.74, 6) is 1.91. The number of benzene rings is 1. The first kappa shape index (κ1) is 27.1. The number of H-pyrrole nitrogens is 1. The number of aryl methyl sites for hydroxylation is 2. The second-order valence-electron chi connectivity index (χ2n) is 9.58. The summed E-state index contributed by atoms with van der Waals surface area (Å²) in [6, 6.07) is 5.55. The lowest BCUT2D eigenvalue weighted by atomic mass is 9.98. The van der Waals surface area contributed by atoms with Gasteiger partial charge in [-0.05, 0) is 50.3 Å². The fourth-order valence-corrected chi connectivity index (χ4v) is 4.86. The summed E-state index contributed by atoms with van der Waals surface area (Å²) in [5, 5.41) is 13.2. The van der Waals surface area contributed by atoms with Crippen molar-refractivity contribution in [2.75, 3.05) is 31.2 Å². The number of aromatic nitrogens is 6. The van der Waals surface area contributed by atoms with Crippen molar-refractivity contribution in [1.29, 1.82) is 0 Å². The molecule has 0 radical (unpaired) electrons. The molecule has 4 aromatic rings. The van der Waals surface area contributed by atoms with Crippen LogP contribution < -0.4 is 25.4 Å². The third-order valence-corrected chi connectivity index (χ3v) is 6.99. The quantitative estimate of drug-likeness (QED) is 0.209. The molecule has 3 N–H and O–H groups in total. The van der Waals surface area contributed by atoms with Gasteiger partial charge in [0.15, 0.2) is 5.52 Å². The lowest BCUT2D eigenvalue weighted by Crippen LogP contribution is -2.36. The highest BCUT2D eigenvalue weighted by Gasteiger charge is 2.23. The number of nitrogens with zero attached hydrogens (tertiary/aromatic N) is 6. The Morgan fingerprint density at radius 2 is 1.93 bits per heavy atom. The standard InChI is InChI=1S/C27H32N8O5/c1-4-20-22-23(34(3)32-20)26(37)31-24(30-22)19-12-18(6-7-21(19)39-5-2)40-15-16-8-10-35(11-9-16)27-28-13-17(14-29-27)25(36)33-38/h6-7,12-14,16,38H,4-5,8-11,15H2,1-3H3,(H,33,36)(H,30,31,37). The molecule has 0 atom stereocenters. The second kappa shape index (κ2) is 11.7. The van der Waals surface area contributed by atoms with Gasteiger partial charge in [-0.2, -0.15) is 5.10 Å². The highest BCUT2D eigenvalue weighted by Crippen LogP contribution is 2.33. The average molecular weight is 549 g/mol. The maximum absolute atomic E-state index is 12.9. The van der Waals surface area contributed by atoms with E-state index in [0.29, 0.717) is 65.4 Å². The van der Waals surface area contributed by atoms with Crippen LogP contribution in [0.15, 0.2) is 35.4 Å². The van der Waals surface area contributed by atoms with Gasteiger partial charge in [0, 0.05) is 32.5 Å². The monoisotopic (exact) mass is 548 g/mol. The van der Waals surface area contributed by atoms with Crippen LogP contribution >= 0.6 is 0 Å². The molecule has 13 nitrogen and oxygen atoms in total. The molecule has 5 rings (SSSR count). The van der Waals surface area contributed by atoms with E-state index in [-0.39, 0.29) is 11.1 Å². The summed E-state index contributed by atoms with van der Waals surface area (Å²) in [4.78, 5) is 42.6. The fourth-order valence-electron chi connectivity index (χ4n) is 4.86. The van der Waals surface area contributed by atoms with Gasteiger partial charge >= 0.3 is 0 Å². The fraction of sp³-hybridized carbons (Fsp3) is 0.407. The zero-order valence-corrected chi connectivity index (χ0v) is 22.7. The van der Waals surface area contributed by atoms with Crippen LogP contribution in [0, 0.1) is 5.92 Å². The Bertz CT molecular complexity index is 1560. The SMILES string of the molecule is CCOc1ccc(OCC2CCN(c3ncc(C(=O)NO)cn3)CC2)cc1-c1nc2c(CC)nn(C)c2c(=O)[nH]1. The van der Waals surface area contributed by atoms with Gasteiger partial charge in [0.2, 0.25) is 5.95 Å². The van der Waals surface area contributed by atoms with Crippen molar-refractivity contribution < 1.29 is 19.5 Å². The van der Waals surface area contributed by atoms with Crippen LogP contribution in [0.1, 0.15) is 42.7 Å². The Morgan fingerprint density at radius 1 is 1.18 bits per heavy atom. The number of hydrogen-bond acceptors (Lipinski definition) is 10. The van der Waals surface area contributed by atoms with Gasteiger partial charge < -0.3 is 19.4 Å². The Hall–Kier alpha value is -4.52. The highest BCUT2D eigenvalue weighted by atomic mass is 16.5. The number of ether oxygens (including phenoxy) is 2. The van der Waals surface area contributed by atoms with E-state index in [4.69, 9.17) is 19.7 Å². The van der Waals surface area contributed by atoms with Crippen LogP contribution in [0.3, 0.4) is 0 Å². The molecule has 0 aliphatic carbocycles. The van der Waals surface area contributed by atoms with E-state index < -0.39 is 5.91 Å². The molecule has 0 unspecified atom stereocenters. The molecule has 3 aromatic heterocycles. The van der Waals surface area contributed by atoms with Crippen molar-refractivity contribution in [3.8, 4) is 22.9 Å². The maximum atomic E-state index is 12.9. The van der Waals surface area contributed by atoms with Crippen molar-refractivity contribution in [3.05, 3.63) is 52.2 Å². The van der Waals surface area contributed by atoms with Gasteiger partial charge in [0.05, 0.1) is 30.0 Å². The van der Waals surface area contributed by atoms with E-state index in [2.05, 4.69) is 25.0 Å². The molecule has 0 spiro atoms. The number of anilines is 1. The summed E-state index contributed by atoms with van der Waals surface area (Å²) < 4.78 is 13.6. The predicted molar refractivity (Wildman–Crippen MR) is 147 cm³/mol. The molecule has 1 aliphatic heterocycles. The first-order valence-corrected chi connectivity index (χ1v) is 13.3. The highest BCUT2D eigenvalue weighted by molar-refractivity contribution is 5.92. The number of carbonyl (C=O) groups excluding carboxylic acids is 1. The number of fused-ring (bicyclic) bond motifs is 1. The van der Waals surface area contributed by atoms with Gasteiger partial charge in [-0.3, -0.25) is 19.5 Å². The van der Waals surface area contributed by atoms with Gasteiger partial charge in [0.25, 0.3) is 11.5 Å². The van der Waals surface area contributed by atoms with Gasteiger partial charge in [-0.25, -0.2) is 20.4 Å². The number of amides is 1. The molecular formula is C27H32N8O5. The van der Waals surface area contributed by atoms with Crippen LogP contribution in [0.5, 0.6) is 11.5 Å². The number of hydrogen-bond donors (Lipinski definition) is 3. The molecule has 1 amide bonds. The lowest BCUT2D eigenvalue weighted by molar-refractivity contribution is 0.0705. The third kappa shape index (κ3) is 5.45. The van der Waals surface area contributed by atoms with Crippen molar-refractivity contribution in [1.82, 2.24) is 35.2 Å². The molecule has 1 aliphatic rings. The Balaban J connectivity index is 1.28. The van der Waals surface area contributed by atoms with E-state index >= 15 is 0 Å². The summed E-state index contributed by atoms with van der Waals surface area (Å²) in [7, 11) is 1.74. The number of carbonyl (C=O) groups is 1. The van der Waals surface area contributed by atoms with Crippen LogP contribution in [-0.2, 0) is 13.5 Å². The normalized spacial score (nSPS) is 13.9. The minimum atomic E-state index is -0.648. The zero-order valence-electron chi connectivity index (χ0n) is 22.7. The van der Waals surface area contributed by atoms with E-state index in [1.54, 1.807) is 17.2 Å². The smallest absolute Gasteiger partial charge is 0.277 e. The molecule has 210 valence electrons. The molecule has 1 aromatic carbocycles. The molecule has 13 heteroatoms. The third-order valence-electron chi connectivity index (χ3n) is 6.99. The number of hydroxylamine groups is 1. The number of aromatic amines is 1. The molecule has 0 bridgehead atoms. The molecule has 0 saturated carbocycles. The Kier molecular flexibility index (Phi) is 7.91. The molecule has 40 heavy (non-hydrogen) atoms. The number of piperidine rings is 1. The molecule has 4 heterocycles. The minimum absolute atomic E-state index is 0.190. The van der Waals surface area contributed by atoms with Crippen molar-refractivity contribution in [2.45, 2.75) is 33.1 Å². The van der Waals surface area contributed by atoms with Gasteiger partial charge in [0.1, 0.15) is 22.8 Å². The first-order valence-electron chi connectivity index (χ1n) is 13.3. The lowest BCUT2D eigenvalue weighted by Gasteiger charge is -2.31. The summed E-state index contributed by atoms with van der Waals surface area (Å²) in [6.07, 6.45) is 5.22.